The van der Waals surface area contributed by atoms with E-state index in [-0.39, 0.29) is 5.91 Å². The van der Waals surface area contributed by atoms with Gasteiger partial charge in [-0.05, 0) is 50.3 Å². The maximum absolute atomic E-state index is 12.4. The number of amides is 1. The molecule has 122 valence electrons. The van der Waals surface area contributed by atoms with E-state index in [0.29, 0.717) is 23.7 Å². The van der Waals surface area contributed by atoms with Crippen molar-refractivity contribution in [1.29, 1.82) is 0 Å². The standard InChI is InChI=1S/C15H23N3O3S/c1-10-4-5-11(8-13(10)18-22(3,20)21)14(19)17-15(2,9-16)12-6-7-12/h4-5,8,12,18H,6-7,9,16H2,1-3H3,(H,17,19). The number of aryl methyl sites for hydroxylation is 1. The van der Waals surface area contributed by atoms with Crippen LogP contribution in [0.25, 0.3) is 0 Å². The van der Waals surface area contributed by atoms with Gasteiger partial charge in [0.25, 0.3) is 5.91 Å². The molecule has 2 rings (SSSR count). The largest absolute Gasteiger partial charge is 0.345 e. The lowest BCUT2D eigenvalue weighted by Gasteiger charge is -2.29. The minimum absolute atomic E-state index is 0.239. The highest BCUT2D eigenvalue weighted by atomic mass is 32.2. The zero-order chi connectivity index (χ0) is 16.5. The van der Waals surface area contributed by atoms with Crippen LogP contribution in [0.2, 0.25) is 0 Å². The number of hydrogen-bond acceptors (Lipinski definition) is 4. The Morgan fingerprint density at radius 2 is 2.05 bits per heavy atom. The second kappa shape index (κ2) is 5.89. The molecule has 1 aliphatic carbocycles. The summed E-state index contributed by atoms with van der Waals surface area (Å²) in [5.41, 5.74) is 6.98. The Hall–Kier alpha value is -1.60. The Morgan fingerprint density at radius 3 is 2.55 bits per heavy atom. The summed E-state index contributed by atoms with van der Waals surface area (Å²) in [6.45, 7) is 4.11. The number of carbonyl (C=O) groups is 1. The molecular formula is C15H23N3O3S. The molecule has 1 amide bonds. The van der Waals surface area contributed by atoms with Crippen LogP contribution in [0, 0.1) is 12.8 Å². The van der Waals surface area contributed by atoms with Gasteiger partial charge in [0, 0.05) is 12.1 Å². The summed E-state index contributed by atoms with van der Waals surface area (Å²) in [4.78, 5) is 12.4. The molecule has 1 aliphatic rings. The van der Waals surface area contributed by atoms with E-state index in [9.17, 15) is 13.2 Å². The Balaban J connectivity index is 2.21. The average Bonchev–Trinajstić information content (AvgIpc) is 3.24. The van der Waals surface area contributed by atoms with Gasteiger partial charge in [-0.2, -0.15) is 0 Å². The van der Waals surface area contributed by atoms with Crippen molar-refractivity contribution >= 4 is 21.6 Å². The summed E-state index contributed by atoms with van der Waals surface area (Å²) < 4.78 is 25.2. The predicted octanol–water partition coefficient (Wildman–Crippen LogP) is 1.22. The quantitative estimate of drug-likeness (QED) is 0.732. The van der Waals surface area contributed by atoms with Crippen molar-refractivity contribution in [3.8, 4) is 0 Å². The van der Waals surface area contributed by atoms with Gasteiger partial charge in [0.1, 0.15) is 0 Å². The number of nitrogens with one attached hydrogen (secondary N) is 2. The van der Waals surface area contributed by atoms with Gasteiger partial charge in [0.05, 0.1) is 17.5 Å². The first-order valence-corrected chi connectivity index (χ1v) is 9.15. The van der Waals surface area contributed by atoms with E-state index in [2.05, 4.69) is 10.0 Å². The van der Waals surface area contributed by atoms with Crippen LogP contribution in [-0.2, 0) is 10.0 Å². The van der Waals surface area contributed by atoms with Gasteiger partial charge < -0.3 is 11.1 Å². The molecule has 0 saturated heterocycles. The predicted molar refractivity (Wildman–Crippen MR) is 87.3 cm³/mol. The fraction of sp³-hybridized carbons (Fsp3) is 0.533. The highest BCUT2D eigenvalue weighted by molar-refractivity contribution is 7.92. The van der Waals surface area contributed by atoms with Crippen molar-refractivity contribution < 1.29 is 13.2 Å². The number of nitrogens with two attached hydrogens (primary N) is 1. The third-order valence-corrected chi connectivity index (χ3v) is 4.69. The number of hydrogen-bond donors (Lipinski definition) is 3. The SMILES string of the molecule is Cc1ccc(C(=O)NC(C)(CN)C2CC2)cc1NS(C)(=O)=O. The molecule has 0 aromatic heterocycles. The zero-order valence-electron chi connectivity index (χ0n) is 13.1. The normalized spacial score (nSPS) is 17.6. The van der Waals surface area contributed by atoms with Gasteiger partial charge in [-0.25, -0.2) is 8.42 Å². The molecule has 22 heavy (non-hydrogen) atoms. The molecule has 0 bridgehead atoms. The van der Waals surface area contributed by atoms with Gasteiger partial charge in [-0.1, -0.05) is 6.07 Å². The number of carbonyl (C=O) groups excluding carboxylic acids is 1. The smallest absolute Gasteiger partial charge is 0.251 e. The van der Waals surface area contributed by atoms with Crippen LogP contribution in [0.5, 0.6) is 0 Å². The summed E-state index contributed by atoms with van der Waals surface area (Å²) >= 11 is 0. The monoisotopic (exact) mass is 325 g/mol. The lowest BCUT2D eigenvalue weighted by atomic mass is 9.95. The molecule has 7 heteroatoms. The van der Waals surface area contributed by atoms with Crippen LogP contribution < -0.4 is 15.8 Å². The number of benzene rings is 1. The van der Waals surface area contributed by atoms with E-state index in [1.54, 1.807) is 25.1 Å². The minimum Gasteiger partial charge on any atom is -0.345 e. The molecule has 0 radical (unpaired) electrons. The Morgan fingerprint density at radius 1 is 1.41 bits per heavy atom. The van der Waals surface area contributed by atoms with Gasteiger partial charge in [-0.3, -0.25) is 9.52 Å². The summed E-state index contributed by atoms with van der Waals surface area (Å²) in [6.07, 6.45) is 3.23. The number of anilines is 1. The molecule has 1 atom stereocenters. The lowest BCUT2D eigenvalue weighted by Crippen LogP contribution is -2.53. The molecule has 1 aromatic carbocycles. The molecule has 4 N–H and O–H groups in total. The van der Waals surface area contributed by atoms with Crippen molar-refractivity contribution in [2.24, 2.45) is 11.7 Å². The van der Waals surface area contributed by atoms with Crippen molar-refractivity contribution in [3.63, 3.8) is 0 Å². The zero-order valence-corrected chi connectivity index (χ0v) is 14.0. The summed E-state index contributed by atoms with van der Waals surface area (Å²) in [6, 6.07) is 4.96. The molecule has 1 aromatic rings. The van der Waals surface area contributed by atoms with Crippen molar-refractivity contribution in [2.45, 2.75) is 32.2 Å². The van der Waals surface area contributed by atoms with Crippen LogP contribution in [0.15, 0.2) is 18.2 Å². The Labute approximate surface area is 131 Å². The number of rotatable bonds is 6. The van der Waals surface area contributed by atoms with Crippen molar-refractivity contribution in [3.05, 3.63) is 29.3 Å². The van der Waals surface area contributed by atoms with Crippen LogP contribution in [0.3, 0.4) is 0 Å². The topological polar surface area (TPSA) is 101 Å². The lowest BCUT2D eigenvalue weighted by molar-refractivity contribution is 0.0898. The highest BCUT2D eigenvalue weighted by Gasteiger charge is 2.41. The van der Waals surface area contributed by atoms with E-state index in [4.69, 9.17) is 5.73 Å². The molecule has 1 saturated carbocycles. The first-order valence-electron chi connectivity index (χ1n) is 7.25. The van der Waals surface area contributed by atoms with Crippen molar-refractivity contribution in [1.82, 2.24) is 5.32 Å². The molecule has 1 fully saturated rings. The highest BCUT2D eigenvalue weighted by Crippen LogP contribution is 2.39. The molecule has 0 spiro atoms. The van der Waals surface area contributed by atoms with E-state index >= 15 is 0 Å². The summed E-state index contributed by atoms with van der Waals surface area (Å²) in [5.74, 6) is 0.178. The average molecular weight is 325 g/mol. The molecular weight excluding hydrogens is 302 g/mol. The van der Waals surface area contributed by atoms with Crippen LogP contribution in [0.1, 0.15) is 35.7 Å². The third-order valence-electron chi connectivity index (χ3n) is 4.10. The van der Waals surface area contributed by atoms with E-state index in [0.717, 1.165) is 24.7 Å². The second-order valence-electron chi connectivity index (χ2n) is 6.25. The fourth-order valence-electron chi connectivity index (χ4n) is 2.44. The number of sulfonamides is 1. The minimum atomic E-state index is -3.39. The maximum atomic E-state index is 12.4. The van der Waals surface area contributed by atoms with Gasteiger partial charge >= 0.3 is 0 Å². The van der Waals surface area contributed by atoms with E-state index < -0.39 is 15.6 Å². The van der Waals surface area contributed by atoms with Gasteiger partial charge in [-0.15, -0.1) is 0 Å². The first-order chi connectivity index (χ1) is 10.1. The van der Waals surface area contributed by atoms with E-state index in [1.807, 2.05) is 6.92 Å². The van der Waals surface area contributed by atoms with Gasteiger partial charge in [0.15, 0.2) is 0 Å². The molecule has 0 heterocycles. The third kappa shape index (κ3) is 3.98. The first kappa shape index (κ1) is 16.8. The second-order valence-corrected chi connectivity index (χ2v) is 8.00. The summed E-state index contributed by atoms with van der Waals surface area (Å²) in [7, 11) is -3.39. The molecule has 0 aliphatic heterocycles. The van der Waals surface area contributed by atoms with E-state index in [1.165, 1.54) is 0 Å². The molecule has 6 nitrogen and oxygen atoms in total. The van der Waals surface area contributed by atoms with Crippen molar-refractivity contribution in [2.75, 3.05) is 17.5 Å². The summed E-state index contributed by atoms with van der Waals surface area (Å²) in [5, 5.41) is 2.99. The molecule has 1 unspecified atom stereocenters. The Kier molecular flexibility index (Phi) is 4.49. The van der Waals surface area contributed by atoms with Crippen LogP contribution in [-0.4, -0.2) is 32.7 Å². The van der Waals surface area contributed by atoms with Gasteiger partial charge in [0.2, 0.25) is 10.0 Å². The van der Waals surface area contributed by atoms with Crippen LogP contribution in [0.4, 0.5) is 5.69 Å². The maximum Gasteiger partial charge on any atom is 0.251 e. The fourth-order valence-corrected chi connectivity index (χ4v) is 3.06. The Bertz CT molecular complexity index is 683. The van der Waals surface area contributed by atoms with Crippen LogP contribution >= 0.6 is 0 Å².